The number of nitrogens with zero attached hydrogens (tertiary/aromatic N) is 7. The zero-order valence-corrected chi connectivity index (χ0v) is 23.3. The van der Waals surface area contributed by atoms with Crippen LogP contribution >= 0.6 is 0 Å². The van der Waals surface area contributed by atoms with Gasteiger partial charge >= 0.3 is 0 Å². The van der Waals surface area contributed by atoms with Gasteiger partial charge in [-0.1, -0.05) is 13.0 Å². The molecular weight excluding hydrogens is 508 g/mol. The Morgan fingerprint density at radius 3 is 2.75 bits per heavy atom. The fourth-order valence-corrected chi connectivity index (χ4v) is 5.15. The molecule has 5 rings (SSSR count). The molecule has 1 aromatic carbocycles. The third-order valence-corrected chi connectivity index (χ3v) is 7.37. The number of likely N-dealkylation sites (N-methyl/N-ethyl adjacent to an activating group) is 1. The molecule has 1 saturated heterocycles. The standard InChI is InChI=1S/C29H34N8O3/c1-19(23-8-7-20(29(39)30-2)13-25(23)40-4)17-35(3)26-14-24(32-18-33-26)21-12-22-16-34-37(28(22)31-15-21)11-10-36-9-5-6-27(36)38/h7-8,12-16,18-19H,5-6,9-11,17H2,1-4H3,(H,30,39). The molecule has 0 bridgehead atoms. The van der Waals surface area contributed by atoms with Crippen LogP contribution < -0.4 is 15.0 Å². The van der Waals surface area contributed by atoms with Crippen LogP contribution in [0.2, 0.25) is 0 Å². The zero-order chi connectivity index (χ0) is 28.2. The Morgan fingerprint density at radius 1 is 1.15 bits per heavy atom. The molecular formula is C29H34N8O3. The SMILES string of the molecule is CNC(=O)c1ccc(C(C)CN(C)c2cc(-c3cnc4c(cnn4CCN4CCCC4=O)c3)ncn2)c(OC)c1. The summed E-state index contributed by atoms with van der Waals surface area (Å²) in [6.45, 7) is 4.86. The number of carbonyl (C=O) groups excluding carboxylic acids is 2. The molecule has 1 fully saturated rings. The first kappa shape index (κ1) is 27.0. The van der Waals surface area contributed by atoms with E-state index < -0.39 is 0 Å². The van der Waals surface area contributed by atoms with E-state index in [1.807, 2.05) is 40.9 Å². The van der Waals surface area contributed by atoms with E-state index in [1.165, 1.54) is 0 Å². The molecule has 0 aliphatic carbocycles. The van der Waals surface area contributed by atoms with Gasteiger partial charge in [0, 0.05) is 74.8 Å². The first-order valence-electron chi connectivity index (χ1n) is 13.4. The number of methoxy groups -OCH3 is 1. The molecule has 1 atom stereocenters. The molecule has 208 valence electrons. The number of likely N-dealkylation sites (tertiary alicyclic amines) is 1. The molecule has 2 amide bonds. The number of hydrogen-bond acceptors (Lipinski definition) is 8. The average Bonchev–Trinajstić information content (AvgIpc) is 3.59. The minimum absolute atomic E-state index is 0.108. The number of ether oxygens (including phenoxy) is 1. The highest BCUT2D eigenvalue weighted by atomic mass is 16.5. The Morgan fingerprint density at radius 2 is 2.00 bits per heavy atom. The predicted octanol–water partition coefficient (Wildman–Crippen LogP) is 3.12. The number of pyridine rings is 1. The fraction of sp³-hybridized carbons (Fsp3) is 0.379. The van der Waals surface area contributed by atoms with E-state index in [9.17, 15) is 9.59 Å². The lowest BCUT2D eigenvalue weighted by Crippen LogP contribution is -2.28. The topological polar surface area (TPSA) is 118 Å². The molecule has 1 aliphatic rings. The third kappa shape index (κ3) is 5.58. The summed E-state index contributed by atoms with van der Waals surface area (Å²) in [5.74, 6) is 1.63. The van der Waals surface area contributed by atoms with Crippen LogP contribution in [0, 0.1) is 0 Å². The fourth-order valence-electron chi connectivity index (χ4n) is 5.15. The van der Waals surface area contributed by atoms with Crippen LogP contribution in [0.25, 0.3) is 22.3 Å². The Hall–Kier alpha value is -4.54. The lowest BCUT2D eigenvalue weighted by atomic mass is 9.97. The highest BCUT2D eigenvalue weighted by Gasteiger charge is 2.20. The van der Waals surface area contributed by atoms with Crippen LogP contribution in [-0.4, -0.2) is 82.3 Å². The van der Waals surface area contributed by atoms with Crippen LogP contribution in [-0.2, 0) is 11.3 Å². The summed E-state index contributed by atoms with van der Waals surface area (Å²) >= 11 is 0. The molecule has 40 heavy (non-hydrogen) atoms. The quantitative estimate of drug-likeness (QED) is 0.325. The van der Waals surface area contributed by atoms with Crippen molar-refractivity contribution in [1.82, 2.24) is 34.9 Å². The number of fused-ring (bicyclic) bond motifs is 1. The normalized spacial score (nSPS) is 14.0. The second kappa shape index (κ2) is 11.7. The number of amides is 2. The van der Waals surface area contributed by atoms with Gasteiger partial charge in [0.25, 0.3) is 5.91 Å². The highest BCUT2D eigenvalue weighted by Crippen LogP contribution is 2.30. The molecule has 0 radical (unpaired) electrons. The summed E-state index contributed by atoms with van der Waals surface area (Å²) < 4.78 is 7.44. The molecule has 11 nitrogen and oxygen atoms in total. The summed E-state index contributed by atoms with van der Waals surface area (Å²) in [6, 6.07) is 9.50. The van der Waals surface area contributed by atoms with Crippen molar-refractivity contribution in [2.75, 3.05) is 45.7 Å². The van der Waals surface area contributed by atoms with Gasteiger partial charge in [0.1, 0.15) is 17.9 Å². The second-order valence-corrected chi connectivity index (χ2v) is 10.1. The zero-order valence-electron chi connectivity index (χ0n) is 23.3. The molecule has 0 saturated carbocycles. The molecule has 1 unspecified atom stereocenters. The minimum atomic E-state index is -0.151. The van der Waals surface area contributed by atoms with Crippen molar-refractivity contribution in [3.63, 3.8) is 0 Å². The van der Waals surface area contributed by atoms with Crippen LogP contribution in [0.5, 0.6) is 5.75 Å². The largest absolute Gasteiger partial charge is 0.496 e. The van der Waals surface area contributed by atoms with E-state index in [1.54, 1.807) is 38.9 Å². The Bertz CT molecular complexity index is 1540. The van der Waals surface area contributed by atoms with E-state index in [0.717, 1.165) is 46.6 Å². The van der Waals surface area contributed by atoms with Crippen molar-refractivity contribution < 1.29 is 14.3 Å². The summed E-state index contributed by atoms with van der Waals surface area (Å²) in [6.07, 6.45) is 6.73. The maximum absolute atomic E-state index is 12.0. The summed E-state index contributed by atoms with van der Waals surface area (Å²) in [5.41, 5.74) is 3.99. The van der Waals surface area contributed by atoms with Crippen molar-refractivity contribution in [2.24, 2.45) is 0 Å². The van der Waals surface area contributed by atoms with E-state index in [2.05, 4.69) is 37.2 Å². The summed E-state index contributed by atoms with van der Waals surface area (Å²) in [7, 11) is 5.21. The number of hydrogen-bond donors (Lipinski definition) is 1. The Labute approximate surface area is 233 Å². The number of rotatable bonds is 10. The van der Waals surface area contributed by atoms with Gasteiger partial charge in [0.2, 0.25) is 5.91 Å². The van der Waals surface area contributed by atoms with Crippen molar-refractivity contribution in [3.05, 3.63) is 60.2 Å². The second-order valence-electron chi connectivity index (χ2n) is 10.1. The van der Waals surface area contributed by atoms with Gasteiger partial charge in [-0.2, -0.15) is 5.10 Å². The van der Waals surface area contributed by atoms with Gasteiger partial charge in [-0.15, -0.1) is 0 Å². The molecule has 1 N–H and O–H groups in total. The minimum Gasteiger partial charge on any atom is -0.496 e. The van der Waals surface area contributed by atoms with Crippen molar-refractivity contribution in [2.45, 2.75) is 32.2 Å². The average molecular weight is 543 g/mol. The summed E-state index contributed by atoms with van der Waals surface area (Å²) in [4.78, 5) is 41.6. The van der Waals surface area contributed by atoms with Crippen LogP contribution in [0.3, 0.4) is 0 Å². The van der Waals surface area contributed by atoms with Gasteiger partial charge in [-0.05, 0) is 30.2 Å². The Balaban J connectivity index is 1.29. The Kier molecular flexibility index (Phi) is 7.90. The maximum Gasteiger partial charge on any atom is 0.251 e. The van der Waals surface area contributed by atoms with Gasteiger partial charge in [0.05, 0.1) is 25.5 Å². The van der Waals surface area contributed by atoms with Crippen LogP contribution in [0.4, 0.5) is 5.82 Å². The van der Waals surface area contributed by atoms with E-state index in [0.29, 0.717) is 37.4 Å². The predicted molar refractivity (Wildman–Crippen MR) is 152 cm³/mol. The first-order chi connectivity index (χ1) is 19.4. The number of benzene rings is 1. The molecule has 11 heteroatoms. The van der Waals surface area contributed by atoms with Crippen molar-refractivity contribution in [1.29, 1.82) is 0 Å². The number of aromatic nitrogens is 5. The van der Waals surface area contributed by atoms with Gasteiger partial charge in [-0.25, -0.2) is 19.6 Å². The lowest BCUT2D eigenvalue weighted by molar-refractivity contribution is -0.127. The molecule has 1 aliphatic heterocycles. The first-order valence-corrected chi connectivity index (χ1v) is 13.4. The molecule has 3 aromatic heterocycles. The molecule has 4 heterocycles. The van der Waals surface area contributed by atoms with E-state index in [-0.39, 0.29) is 17.7 Å². The van der Waals surface area contributed by atoms with Crippen molar-refractivity contribution in [3.8, 4) is 17.0 Å². The monoisotopic (exact) mass is 542 g/mol. The molecule has 4 aromatic rings. The van der Waals surface area contributed by atoms with Crippen LogP contribution in [0.15, 0.2) is 49.1 Å². The van der Waals surface area contributed by atoms with E-state index >= 15 is 0 Å². The van der Waals surface area contributed by atoms with Gasteiger partial charge in [-0.3, -0.25) is 9.59 Å². The number of nitrogens with one attached hydrogen (secondary N) is 1. The van der Waals surface area contributed by atoms with Gasteiger partial charge < -0.3 is 19.9 Å². The third-order valence-electron chi connectivity index (χ3n) is 7.37. The highest BCUT2D eigenvalue weighted by molar-refractivity contribution is 5.94. The lowest BCUT2D eigenvalue weighted by Gasteiger charge is -2.24. The summed E-state index contributed by atoms with van der Waals surface area (Å²) in [5, 5.41) is 8.06. The maximum atomic E-state index is 12.0. The van der Waals surface area contributed by atoms with Gasteiger partial charge in [0.15, 0.2) is 5.65 Å². The van der Waals surface area contributed by atoms with Crippen molar-refractivity contribution >= 4 is 28.7 Å². The number of carbonyl (C=O) groups is 2. The molecule has 0 spiro atoms. The van der Waals surface area contributed by atoms with Crippen LogP contribution in [0.1, 0.15) is 41.6 Å². The number of anilines is 1. The van der Waals surface area contributed by atoms with E-state index in [4.69, 9.17) is 4.74 Å². The smallest absolute Gasteiger partial charge is 0.251 e.